The summed E-state index contributed by atoms with van der Waals surface area (Å²) in [6.45, 7) is 3.57. The molecule has 7 heteroatoms. The van der Waals surface area contributed by atoms with E-state index in [0.717, 1.165) is 5.56 Å². The molecule has 2 rings (SSSR count). The Bertz CT molecular complexity index is 805. The van der Waals surface area contributed by atoms with Crippen molar-refractivity contribution in [3.05, 3.63) is 51.3 Å². The first-order valence-electron chi connectivity index (χ1n) is 6.10. The van der Waals surface area contributed by atoms with Crippen molar-refractivity contribution in [1.29, 1.82) is 0 Å². The van der Waals surface area contributed by atoms with E-state index in [9.17, 15) is 8.42 Å². The number of hydrogen-bond acceptors (Lipinski definition) is 4. The van der Waals surface area contributed by atoms with Gasteiger partial charge in [-0.1, -0.05) is 23.2 Å². The highest BCUT2D eigenvalue weighted by atomic mass is 35.5. The van der Waals surface area contributed by atoms with Crippen molar-refractivity contribution in [1.82, 2.24) is 4.98 Å². The molecular formula is C14H14Cl2N2O2S. The van der Waals surface area contributed by atoms with Crippen LogP contribution in [0.25, 0.3) is 0 Å². The third-order valence-electron chi connectivity index (χ3n) is 3.23. The quantitative estimate of drug-likeness (QED) is 0.923. The fourth-order valence-corrected chi connectivity index (χ4v) is 4.10. The number of nitrogen functional groups attached to an aromatic ring is 1. The lowest BCUT2D eigenvalue weighted by atomic mass is 10.1. The fraction of sp³-hybridized carbons (Fsp3) is 0.214. The molecule has 0 amide bonds. The van der Waals surface area contributed by atoms with E-state index in [1.165, 1.54) is 18.2 Å². The number of anilines is 1. The molecule has 112 valence electrons. The Morgan fingerprint density at radius 3 is 2.57 bits per heavy atom. The van der Waals surface area contributed by atoms with Crippen molar-refractivity contribution in [3.8, 4) is 0 Å². The van der Waals surface area contributed by atoms with E-state index < -0.39 is 9.84 Å². The first-order chi connectivity index (χ1) is 9.72. The van der Waals surface area contributed by atoms with Gasteiger partial charge in [-0.25, -0.2) is 8.42 Å². The Morgan fingerprint density at radius 1 is 1.24 bits per heavy atom. The molecule has 2 aromatic rings. The van der Waals surface area contributed by atoms with E-state index >= 15 is 0 Å². The smallest absolute Gasteiger partial charge is 0.185 e. The standard InChI is InChI=1S/C14H14Cl2N2O2S/c1-8-6-18-12(9(2)14(8)17)7-21(19,20)13-5-10(15)3-4-11(13)16/h3-6H,7H2,1-2H3,(H2,17,18). The summed E-state index contributed by atoms with van der Waals surface area (Å²) in [4.78, 5) is 4.16. The molecule has 0 fully saturated rings. The molecule has 1 aromatic carbocycles. The van der Waals surface area contributed by atoms with Crippen LogP contribution in [-0.2, 0) is 15.6 Å². The molecule has 0 saturated heterocycles. The third kappa shape index (κ3) is 3.31. The molecule has 21 heavy (non-hydrogen) atoms. The topological polar surface area (TPSA) is 73.0 Å². The van der Waals surface area contributed by atoms with Crippen molar-refractivity contribution in [2.45, 2.75) is 24.5 Å². The van der Waals surface area contributed by atoms with Crippen LogP contribution in [0, 0.1) is 13.8 Å². The van der Waals surface area contributed by atoms with Gasteiger partial charge in [0.1, 0.15) is 0 Å². The van der Waals surface area contributed by atoms with Gasteiger partial charge in [0.25, 0.3) is 0 Å². The predicted molar refractivity (Wildman–Crippen MR) is 85.5 cm³/mol. The molecule has 0 bridgehead atoms. The van der Waals surface area contributed by atoms with Gasteiger partial charge in [0.2, 0.25) is 0 Å². The zero-order valence-corrected chi connectivity index (χ0v) is 13.9. The van der Waals surface area contributed by atoms with Gasteiger partial charge in [-0.15, -0.1) is 0 Å². The number of nitrogens with two attached hydrogens (primary N) is 1. The molecule has 0 spiro atoms. The first-order valence-corrected chi connectivity index (χ1v) is 8.51. The minimum Gasteiger partial charge on any atom is -0.398 e. The molecule has 0 aliphatic carbocycles. The number of halogens is 2. The van der Waals surface area contributed by atoms with Crippen molar-refractivity contribution in [2.24, 2.45) is 0 Å². The van der Waals surface area contributed by atoms with E-state index in [2.05, 4.69) is 4.98 Å². The minimum atomic E-state index is -3.65. The van der Waals surface area contributed by atoms with Crippen LogP contribution < -0.4 is 5.73 Å². The van der Waals surface area contributed by atoms with Crippen LogP contribution >= 0.6 is 23.2 Å². The Kier molecular flexibility index (Phi) is 4.46. The number of rotatable bonds is 3. The maximum Gasteiger partial charge on any atom is 0.185 e. The maximum absolute atomic E-state index is 12.5. The number of benzene rings is 1. The van der Waals surface area contributed by atoms with E-state index in [0.29, 0.717) is 22.0 Å². The van der Waals surface area contributed by atoms with Gasteiger partial charge in [0.15, 0.2) is 9.84 Å². The molecule has 0 aliphatic rings. The van der Waals surface area contributed by atoms with Gasteiger partial charge in [-0.05, 0) is 43.2 Å². The fourth-order valence-electron chi connectivity index (χ4n) is 1.91. The minimum absolute atomic E-state index is 0.00277. The number of nitrogens with zero attached hydrogens (tertiary/aromatic N) is 1. The monoisotopic (exact) mass is 344 g/mol. The van der Waals surface area contributed by atoms with Gasteiger partial charge < -0.3 is 5.73 Å². The van der Waals surface area contributed by atoms with Gasteiger partial charge in [-0.2, -0.15) is 0 Å². The summed E-state index contributed by atoms with van der Waals surface area (Å²) in [5.41, 5.74) is 8.35. The normalized spacial score (nSPS) is 11.6. The Morgan fingerprint density at radius 2 is 1.90 bits per heavy atom. The number of sulfone groups is 1. The van der Waals surface area contributed by atoms with Crippen molar-refractivity contribution >= 4 is 38.7 Å². The summed E-state index contributed by atoms with van der Waals surface area (Å²) >= 11 is 11.8. The van der Waals surface area contributed by atoms with E-state index in [4.69, 9.17) is 28.9 Å². The molecule has 0 saturated carbocycles. The maximum atomic E-state index is 12.5. The second-order valence-corrected chi connectivity index (χ2v) is 7.56. The van der Waals surface area contributed by atoms with Crippen molar-refractivity contribution < 1.29 is 8.42 Å². The van der Waals surface area contributed by atoms with Crippen LogP contribution in [-0.4, -0.2) is 13.4 Å². The number of hydrogen-bond donors (Lipinski definition) is 1. The zero-order chi connectivity index (χ0) is 15.8. The third-order valence-corrected chi connectivity index (χ3v) is 5.57. The lowest BCUT2D eigenvalue weighted by Gasteiger charge is -2.11. The van der Waals surface area contributed by atoms with Gasteiger partial charge >= 0.3 is 0 Å². The summed E-state index contributed by atoms with van der Waals surface area (Å²) in [6, 6.07) is 4.34. The second-order valence-electron chi connectivity index (χ2n) is 4.76. The number of aryl methyl sites for hydroxylation is 1. The average Bonchev–Trinajstić information content (AvgIpc) is 2.42. The number of aromatic nitrogens is 1. The summed E-state index contributed by atoms with van der Waals surface area (Å²) in [6.07, 6.45) is 1.56. The molecule has 0 atom stereocenters. The van der Waals surface area contributed by atoms with Gasteiger partial charge in [0, 0.05) is 16.9 Å². The van der Waals surface area contributed by atoms with Crippen molar-refractivity contribution in [3.63, 3.8) is 0 Å². The molecule has 1 aromatic heterocycles. The lowest BCUT2D eigenvalue weighted by Crippen LogP contribution is -2.10. The SMILES string of the molecule is Cc1cnc(CS(=O)(=O)c2cc(Cl)ccc2Cl)c(C)c1N. The summed E-state index contributed by atoms with van der Waals surface area (Å²) in [5, 5.41) is 0.447. The van der Waals surface area contributed by atoms with E-state index in [1.54, 1.807) is 13.1 Å². The highest BCUT2D eigenvalue weighted by Gasteiger charge is 2.22. The van der Waals surface area contributed by atoms with Gasteiger partial charge in [0.05, 0.1) is 21.4 Å². The highest BCUT2D eigenvalue weighted by Crippen LogP contribution is 2.29. The van der Waals surface area contributed by atoms with Crippen LogP contribution in [0.1, 0.15) is 16.8 Å². The largest absolute Gasteiger partial charge is 0.398 e. The lowest BCUT2D eigenvalue weighted by molar-refractivity contribution is 0.594. The van der Waals surface area contributed by atoms with Crippen LogP contribution in [0.2, 0.25) is 10.0 Å². The summed E-state index contributed by atoms with van der Waals surface area (Å²) < 4.78 is 25.0. The molecule has 0 unspecified atom stereocenters. The second kappa shape index (κ2) is 5.83. The molecule has 0 radical (unpaired) electrons. The van der Waals surface area contributed by atoms with Crippen molar-refractivity contribution in [2.75, 3.05) is 5.73 Å². The summed E-state index contributed by atoms with van der Waals surface area (Å²) in [5.74, 6) is -0.274. The van der Waals surface area contributed by atoms with Crippen LogP contribution in [0.15, 0.2) is 29.3 Å². The summed E-state index contributed by atoms with van der Waals surface area (Å²) in [7, 11) is -3.65. The van der Waals surface area contributed by atoms with Gasteiger partial charge in [-0.3, -0.25) is 4.98 Å². The number of pyridine rings is 1. The average molecular weight is 345 g/mol. The molecular weight excluding hydrogens is 331 g/mol. The van der Waals surface area contributed by atoms with Crippen LogP contribution in [0.5, 0.6) is 0 Å². The molecule has 0 aliphatic heterocycles. The molecule has 4 nitrogen and oxygen atoms in total. The highest BCUT2D eigenvalue weighted by molar-refractivity contribution is 7.90. The Labute approximate surface area is 133 Å². The van der Waals surface area contributed by atoms with Crippen LogP contribution in [0.3, 0.4) is 0 Å². The zero-order valence-electron chi connectivity index (χ0n) is 11.5. The Balaban J connectivity index is 2.47. The van der Waals surface area contributed by atoms with E-state index in [-0.39, 0.29) is 15.7 Å². The van der Waals surface area contributed by atoms with Crippen LogP contribution in [0.4, 0.5) is 5.69 Å². The molecule has 1 heterocycles. The first kappa shape index (κ1) is 16.1. The predicted octanol–water partition coefficient (Wildman–Crippen LogP) is 3.56. The Hall–Kier alpha value is -1.30. The molecule has 2 N–H and O–H groups in total. The van der Waals surface area contributed by atoms with E-state index in [1.807, 2.05) is 6.92 Å².